The number of amides is 1. The van der Waals surface area contributed by atoms with E-state index in [1.165, 1.54) is 44.1 Å². The van der Waals surface area contributed by atoms with Gasteiger partial charge in [-0.05, 0) is 87.8 Å². The van der Waals surface area contributed by atoms with E-state index in [0.717, 1.165) is 46.2 Å². The highest BCUT2D eigenvalue weighted by Crippen LogP contribution is 2.61. The van der Waals surface area contributed by atoms with E-state index in [4.69, 9.17) is 10.2 Å². The Morgan fingerprint density at radius 1 is 0.895 bits per heavy atom. The number of hydrogen-bond acceptors (Lipinski definition) is 3. The van der Waals surface area contributed by atoms with Gasteiger partial charge in [-0.2, -0.15) is 10.2 Å². The van der Waals surface area contributed by atoms with Crippen molar-refractivity contribution in [3.63, 3.8) is 0 Å². The van der Waals surface area contributed by atoms with Crippen molar-refractivity contribution in [2.75, 3.05) is 5.32 Å². The van der Waals surface area contributed by atoms with Gasteiger partial charge in [0.2, 0.25) is 0 Å². The quantitative estimate of drug-likeness (QED) is 0.327. The summed E-state index contributed by atoms with van der Waals surface area (Å²) in [5, 5.41) is 13.2. The first-order valence-electron chi connectivity index (χ1n) is 14.0. The zero-order valence-electron chi connectivity index (χ0n) is 22.2. The molecule has 0 saturated heterocycles. The Morgan fingerprint density at radius 3 is 2.13 bits per heavy atom. The van der Waals surface area contributed by atoms with Gasteiger partial charge in [-0.15, -0.1) is 0 Å². The molecule has 2 aromatic heterocycles. The predicted octanol–water partition coefficient (Wildman–Crippen LogP) is 6.45. The van der Waals surface area contributed by atoms with Gasteiger partial charge in [-0.1, -0.05) is 48.5 Å². The van der Waals surface area contributed by atoms with E-state index in [0.29, 0.717) is 12.1 Å². The fourth-order valence-electron chi connectivity index (χ4n) is 8.01. The minimum absolute atomic E-state index is 0.0169. The van der Waals surface area contributed by atoms with Gasteiger partial charge in [0.25, 0.3) is 5.91 Å². The summed E-state index contributed by atoms with van der Waals surface area (Å²) >= 11 is 0. The van der Waals surface area contributed by atoms with Gasteiger partial charge >= 0.3 is 0 Å². The third-order valence-corrected chi connectivity index (χ3v) is 9.32. The number of aryl methyl sites for hydroxylation is 1. The van der Waals surface area contributed by atoms with Crippen molar-refractivity contribution in [1.29, 1.82) is 0 Å². The molecule has 4 saturated carbocycles. The Balaban J connectivity index is 1.25. The molecular formula is C32H35N5O. The second-order valence-corrected chi connectivity index (χ2v) is 12.0. The second-order valence-electron chi connectivity index (χ2n) is 12.0. The zero-order valence-corrected chi connectivity index (χ0v) is 22.2. The van der Waals surface area contributed by atoms with Crippen LogP contribution in [0.4, 0.5) is 5.69 Å². The zero-order chi connectivity index (χ0) is 25.9. The first kappa shape index (κ1) is 23.4. The molecule has 8 rings (SSSR count). The van der Waals surface area contributed by atoms with Crippen molar-refractivity contribution >= 4 is 11.6 Å². The number of carbonyl (C=O) groups is 1. The molecule has 1 amide bonds. The Morgan fingerprint density at radius 2 is 1.50 bits per heavy atom. The highest BCUT2D eigenvalue weighted by molar-refractivity contribution is 6.05. The van der Waals surface area contributed by atoms with Crippen molar-refractivity contribution in [2.24, 2.45) is 17.8 Å². The maximum Gasteiger partial charge on any atom is 0.259 e. The van der Waals surface area contributed by atoms with Gasteiger partial charge in [0.15, 0.2) is 0 Å². The molecule has 194 valence electrons. The van der Waals surface area contributed by atoms with Gasteiger partial charge < -0.3 is 5.32 Å². The summed E-state index contributed by atoms with van der Waals surface area (Å²) in [4.78, 5) is 14.0. The van der Waals surface area contributed by atoms with Crippen LogP contribution in [0, 0.1) is 31.6 Å². The van der Waals surface area contributed by atoms with Crippen LogP contribution in [0.15, 0.2) is 66.9 Å². The molecule has 1 N–H and O–H groups in total. The maximum absolute atomic E-state index is 14.0. The summed E-state index contributed by atoms with van der Waals surface area (Å²) in [7, 11) is 0. The SMILES string of the molecule is Cc1nn(Cc2ccccc2)c(C)c1NC(=O)c1cn(-c2ccccc2)nc1C12CC3CC(CC(C3)C1)C2. The molecule has 2 heterocycles. The Labute approximate surface area is 224 Å². The second kappa shape index (κ2) is 8.97. The number of carbonyl (C=O) groups excluding carboxylic acids is 1. The number of rotatable bonds is 6. The minimum Gasteiger partial charge on any atom is -0.319 e. The highest BCUT2D eigenvalue weighted by atomic mass is 16.1. The molecule has 0 atom stereocenters. The molecule has 0 aliphatic heterocycles. The lowest BCUT2D eigenvalue weighted by atomic mass is 9.48. The van der Waals surface area contributed by atoms with Crippen molar-refractivity contribution in [1.82, 2.24) is 19.6 Å². The Bertz CT molecular complexity index is 1450. The van der Waals surface area contributed by atoms with Crippen LogP contribution in [0.25, 0.3) is 5.69 Å². The van der Waals surface area contributed by atoms with E-state index in [1.54, 1.807) is 0 Å². The lowest BCUT2D eigenvalue weighted by molar-refractivity contribution is -0.00765. The van der Waals surface area contributed by atoms with Crippen LogP contribution in [-0.4, -0.2) is 25.5 Å². The lowest BCUT2D eigenvalue weighted by Gasteiger charge is -2.56. The van der Waals surface area contributed by atoms with Gasteiger partial charge in [0, 0.05) is 11.6 Å². The van der Waals surface area contributed by atoms with Crippen LogP contribution >= 0.6 is 0 Å². The van der Waals surface area contributed by atoms with Crippen molar-refractivity contribution in [3.05, 3.63) is 95.1 Å². The summed E-state index contributed by atoms with van der Waals surface area (Å²) in [6.45, 7) is 4.68. The van der Waals surface area contributed by atoms with Crippen LogP contribution < -0.4 is 5.32 Å². The molecule has 6 heteroatoms. The molecule has 0 unspecified atom stereocenters. The van der Waals surface area contributed by atoms with E-state index in [9.17, 15) is 4.79 Å². The Hall–Kier alpha value is -3.67. The molecule has 38 heavy (non-hydrogen) atoms. The van der Waals surface area contributed by atoms with Gasteiger partial charge in [-0.3, -0.25) is 9.48 Å². The smallest absolute Gasteiger partial charge is 0.259 e. The summed E-state index contributed by atoms with van der Waals surface area (Å²) in [5.74, 6) is 2.25. The fourth-order valence-corrected chi connectivity index (χ4v) is 8.01. The first-order valence-corrected chi connectivity index (χ1v) is 14.0. The highest BCUT2D eigenvalue weighted by Gasteiger charge is 2.54. The molecule has 4 aliphatic rings. The standard InChI is InChI=1S/C32H35N5O/c1-21-29(22(2)36(34-21)19-23-9-5-3-6-10-23)33-31(38)28-20-37(27-11-7-4-8-12-27)35-30(28)32-16-24-13-25(17-32)15-26(14-24)18-32/h3-12,20,24-26H,13-19H2,1-2H3,(H,33,38). The third-order valence-electron chi connectivity index (χ3n) is 9.32. The van der Waals surface area contributed by atoms with Gasteiger partial charge in [-0.25, -0.2) is 4.68 Å². The summed E-state index contributed by atoms with van der Waals surface area (Å²) in [5.41, 5.74) is 6.50. The number of nitrogens with one attached hydrogen (secondary N) is 1. The van der Waals surface area contributed by atoms with Crippen LogP contribution in [-0.2, 0) is 12.0 Å². The number of para-hydroxylation sites is 1. The van der Waals surface area contributed by atoms with Crippen LogP contribution in [0.5, 0.6) is 0 Å². The molecule has 2 aromatic carbocycles. The number of hydrogen-bond donors (Lipinski definition) is 1. The predicted molar refractivity (Wildman–Crippen MR) is 149 cm³/mol. The molecular weight excluding hydrogens is 470 g/mol. The average molecular weight is 506 g/mol. The molecule has 4 aliphatic carbocycles. The van der Waals surface area contributed by atoms with E-state index < -0.39 is 0 Å². The lowest BCUT2D eigenvalue weighted by Crippen LogP contribution is -2.49. The minimum atomic E-state index is -0.0802. The first-order chi connectivity index (χ1) is 18.5. The van der Waals surface area contributed by atoms with Crippen LogP contribution in [0.1, 0.15) is 71.5 Å². The van der Waals surface area contributed by atoms with Crippen LogP contribution in [0.3, 0.4) is 0 Å². The van der Waals surface area contributed by atoms with Crippen LogP contribution in [0.2, 0.25) is 0 Å². The van der Waals surface area contributed by atoms with E-state index >= 15 is 0 Å². The molecule has 4 bridgehead atoms. The number of aromatic nitrogens is 4. The molecule has 4 aromatic rings. The Kier molecular flexibility index (Phi) is 5.53. The molecule has 4 fully saturated rings. The topological polar surface area (TPSA) is 64.7 Å². The monoisotopic (exact) mass is 505 g/mol. The van der Waals surface area contributed by atoms with E-state index in [2.05, 4.69) is 29.6 Å². The molecule has 0 radical (unpaired) electrons. The van der Waals surface area contributed by atoms with E-state index in [1.807, 2.05) is 65.8 Å². The average Bonchev–Trinajstić information content (AvgIpc) is 3.48. The third kappa shape index (κ3) is 3.98. The fraction of sp³-hybridized carbons (Fsp3) is 0.406. The molecule has 0 spiro atoms. The van der Waals surface area contributed by atoms with Gasteiger partial charge in [0.05, 0.1) is 40.6 Å². The summed E-state index contributed by atoms with van der Waals surface area (Å²) in [6, 6.07) is 20.5. The van der Waals surface area contributed by atoms with Crippen molar-refractivity contribution in [2.45, 2.75) is 64.3 Å². The normalized spacial score (nSPS) is 25.6. The van der Waals surface area contributed by atoms with Crippen molar-refractivity contribution < 1.29 is 4.79 Å². The summed E-state index contributed by atoms with van der Waals surface area (Å²) < 4.78 is 3.90. The number of benzene rings is 2. The summed E-state index contributed by atoms with van der Waals surface area (Å²) in [6.07, 6.45) is 9.53. The molecule has 6 nitrogen and oxygen atoms in total. The maximum atomic E-state index is 14.0. The largest absolute Gasteiger partial charge is 0.319 e. The van der Waals surface area contributed by atoms with Gasteiger partial charge in [0.1, 0.15) is 0 Å². The van der Waals surface area contributed by atoms with Crippen molar-refractivity contribution in [3.8, 4) is 5.69 Å². The number of anilines is 1. The van der Waals surface area contributed by atoms with E-state index in [-0.39, 0.29) is 11.3 Å². The number of nitrogens with zero attached hydrogens (tertiary/aromatic N) is 4.